The largest absolute Gasteiger partial charge is 0.490 e. The number of hydrogen-bond acceptors (Lipinski definition) is 10. The number of anilines is 3. The first-order valence-electron chi connectivity index (χ1n) is 12.9. The average molecular weight is 627 g/mol. The molecule has 38 heavy (non-hydrogen) atoms. The highest BCUT2D eigenvalue weighted by molar-refractivity contribution is 14.1. The van der Waals surface area contributed by atoms with E-state index >= 15 is 0 Å². The summed E-state index contributed by atoms with van der Waals surface area (Å²) in [6.45, 7) is 6.11. The van der Waals surface area contributed by atoms with Crippen LogP contribution in [0.3, 0.4) is 0 Å². The van der Waals surface area contributed by atoms with Crippen molar-refractivity contribution in [2.45, 2.75) is 32.6 Å². The first-order chi connectivity index (χ1) is 18.6. The minimum absolute atomic E-state index is 0.351. The smallest absolute Gasteiger partial charge is 0.344 e. The summed E-state index contributed by atoms with van der Waals surface area (Å²) in [5.74, 6) is 2.17. The van der Waals surface area contributed by atoms with Gasteiger partial charge in [0.2, 0.25) is 17.8 Å². The van der Waals surface area contributed by atoms with Crippen molar-refractivity contribution in [1.29, 1.82) is 0 Å². The summed E-state index contributed by atoms with van der Waals surface area (Å²) < 4.78 is 12.2. The van der Waals surface area contributed by atoms with Gasteiger partial charge in [-0.25, -0.2) is 10.2 Å². The zero-order chi connectivity index (χ0) is 26.3. The standard InChI is InChI=1S/C27H30IN7O3/c1-2-37-23-17-19(11-12-22(23)38-24(36)20-9-3-4-10-21(20)28)18-29-33-25-30-26(34-13-5-6-14-34)32-27(31-25)35-15-7-8-16-35/h3-4,9-12,17-18H,2,5-8,13-16H2,1H3,(H,30,31,32,33)/b29-18-. The zero-order valence-electron chi connectivity index (χ0n) is 21.3. The predicted molar refractivity (Wildman–Crippen MR) is 156 cm³/mol. The van der Waals surface area contributed by atoms with Gasteiger partial charge in [-0.1, -0.05) is 12.1 Å². The number of rotatable bonds is 9. The molecule has 2 saturated heterocycles. The summed E-state index contributed by atoms with van der Waals surface area (Å²) in [5.41, 5.74) is 4.25. The second-order valence-electron chi connectivity index (χ2n) is 9.03. The third-order valence-electron chi connectivity index (χ3n) is 6.33. The van der Waals surface area contributed by atoms with E-state index in [0.717, 1.165) is 61.0 Å². The second kappa shape index (κ2) is 12.4. The molecule has 0 atom stereocenters. The number of hydrogen-bond donors (Lipinski definition) is 1. The number of carbonyl (C=O) groups is 1. The molecular weight excluding hydrogens is 597 g/mol. The molecule has 2 aliphatic rings. The Morgan fingerprint density at radius 3 is 2.26 bits per heavy atom. The number of hydrazone groups is 1. The van der Waals surface area contributed by atoms with Crippen LogP contribution in [0.1, 0.15) is 48.5 Å². The number of benzene rings is 2. The number of aromatic nitrogens is 3. The number of carbonyl (C=O) groups excluding carboxylic acids is 1. The molecule has 1 N–H and O–H groups in total. The van der Waals surface area contributed by atoms with E-state index in [2.05, 4.69) is 52.9 Å². The van der Waals surface area contributed by atoms with Crippen LogP contribution in [0.15, 0.2) is 47.6 Å². The second-order valence-corrected chi connectivity index (χ2v) is 10.2. The maximum absolute atomic E-state index is 12.7. The Morgan fingerprint density at radius 1 is 0.974 bits per heavy atom. The van der Waals surface area contributed by atoms with Gasteiger partial charge >= 0.3 is 5.97 Å². The molecule has 0 aliphatic carbocycles. The molecule has 10 nitrogen and oxygen atoms in total. The van der Waals surface area contributed by atoms with Gasteiger partial charge in [-0.15, -0.1) is 0 Å². The fourth-order valence-corrected chi connectivity index (χ4v) is 5.03. The molecule has 2 aliphatic heterocycles. The number of halogens is 1. The van der Waals surface area contributed by atoms with Crippen molar-refractivity contribution in [3.05, 3.63) is 57.2 Å². The van der Waals surface area contributed by atoms with Crippen LogP contribution >= 0.6 is 22.6 Å². The van der Waals surface area contributed by atoms with Gasteiger partial charge in [-0.2, -0.15) is 20.1 Å². The quantitative estimate of drug-likeness (QED) is 0.118. The highest BCUT2D eigenvalue weighted by atomic mass is 127. The molecule has 0 amide bonds. The molecule has 0 saturated carbocycles. The lowest BCUT2D eigenvalue weighted by molar-refractivity contribution is 0.0727. The summed E-state index contributed by atoms with van der Waals surface area (Å²) >= 11 is 2.12. The molecule has 3 aromatic rings. The van der Waals surface area contributed by atoms with Crippen LogP contribution < -0.4 is 24.7 Å². The average Bonchev–Trinajstić information content (AvgIpc) is 3.66. The molecular formula is C27H30IN7O3. The Morgan fingerprint density at radius 2 is 1.63 bits per heavy atom. The van der Waals surface area contributed by atoms with Crippen LogP contribution in [0, 0.1) is 3.57 Å². The SMILES string of the molecule is CCOc1cc(/C=N\Nc2nc(N3CCCC3)nc(N3CCCC3)n2)ccc1OC(=O)c1ccccc1I. The minimum Gasteiger partial charge on any atom is -0.490 e. The summed E-state index contributed by atoms with van der Waals surface area (Å²) in [6.07, 6.45) is 6.23. The van der Waals surface area contributed by atoms with Crippen molar-refractivity contribution in [3.8, 4) is 11.5 Å². The lowest BCUT2D eigenvalue weighted by atomic mass is 10.2. The van der Waals surface area contributed by atoms with Crippen molar-refractivity contribution in [2.75, 3.05) is 48.0 Å². The Bertz CT molecular complexity index is 1270. The lowest BCUT2D eigenvalue weighted by Crippen LogP contribution is -2.25. The molecule has 0 bridgehead atoms. The number of nitrogens with one attached hydrogen (secondary N) is 1. The normalized spacial score (nSPS) is 15.3. The van der Waals surface area contributed by atoms with Gasteiger partial charge in [0, 0.05) is 29.7 Å². The third-order valence-corrected chi connectivity index (χ3v) is 7.27. The first-order valence-corrected chi connectivity index (χ1v) is 14.0. The Kier molecular flexibility index (Phi) is 8.51. The molecule has 1 aromatic heterocycles. The van der Waals surface area contributed by atoms with Gasteiger partial charge in [0.05, 0.1) is 18.4 Å². The summed E-state index contributed by atoms with van der Waals surface area (Å²) in [7, 11) is 0. The maximum Gasteiger partial charge on any atom is 0.344 e. The van der Waals surface area contributed by atoms with E-state index in [1.165, 1.54) is 0 Å². The summed E-state index contributed by atoms with van der Waals surface area (Å²) in [4.78, 5) is 31.1. The molecule has 2 aromatic carbocycles. The minimum atomic E-state index is -0.434. The number of nitrogens with zero attached hydrogens (tertiary/aromatic N) is 6. The highest BCUT2D eigenvalue weighted by Crippen LogP contribution is 2.29. The Balaban J connectivity index is 1.32. The van der Waals surface area contributed by atoms with Crippen molar-refractivity contribution < 1.29 is 14.3 Å². The predicted octanol–water partition coefficient (Wildman–Crippen LogP) is 4.74. The van der Waals surface area contributed by atoms with Crippen molar-refractivity contribution in [1.82, 2.24) is 15.0 Å². The Hall–Kier alpha value is -3.48. The molecule has 0 spiro atoms. The summed E-state index contributed by atoms with van der Waals surface area (Å²) in [6, 6.07) is 12.6. The molecule has 5 rings (SSSR count). The van der Waals surface area contributed by atoms with E-state index < -0.39 is 5.97 Å². The highest BCUT2D eigenvalue weighted by Gasteiger charge is 2.21. The van der Waals surface area contributed by atoms with Gasteiger partial charge in [0.25, 0.3) is 0 Å². The van der Waals surface area contributed by atoms with Crippen LogP contribution in [-0.2, 0) is 0 Å². The fraction of sp³-hybridized carbons (Fsp3) is 0.370. The number of ether oxygens (including phenoxy) is 2. The van der Waals surface area contributed by atoms with Crippen LogP contribution in [-0.4, -0.2) is 59.9 Å². The van der Waals surface area contributed by atoms with Gasteiger partial charge in [0.15, 0.2) is 11.5 Å². The van der Waals surface area contributed by atoms with Crippen LogP contribution in [0.2, 0.25) is 0 Å². The zero-order valence-corrected chi connectivity index (χ0v) is 23.4. The molecule has 0 radical (unpaired) electrons. The van der Waals surface area contributed by atoms with Crippen molar-refractivity contribution in [2.24, 2.45) is 5.10 Å². The maximum atomic E-state index is 12.7. The Labute approximate surface area is 235 Å². The van der Waals surface area contributed by atoms with Crippen LogP contribution in [0.5, 0.6) is 11.5 Å². The van der Waals surface area contributed by atoms with Gasteiger partial charge in [-0.3, -0.25) is 0 Å². The van der Waals surface area contributed by atoms with Gasteiger partial charge in [0.1, 0.15) is 0 Å². The lowest BCUT2D eigenvalue weighted by Gasteiger charge is -2.20. The summed E-state index contributed by atoms with van der Waals surface area (Å²) in [5, 5.41) is 4.37. The van der Waals surface area contributed by atoms with Gasteiger partial charge in [-0.05, 0) is 91.1 Å². The van der Waals surface area contributed by atoms with E-state index in [1.807, 2.05) is 31.2 Å². The van der Waals surface area contributed by atoms with Crippen LogP contribution in [0.25, 0.3) is 0 Å². The fourth-order valence-electron chi connectivity index (χ4n) is 4.42. The molecule has 198 valence electrons. The van der Waals surface area contributed by atoms with E-state index in [0.29, 0.717) is 41.5 Å². The van der Waals surface area contributed by atoms with E-state index in [-0.39, 0.29) is 0 Å². The van der Waals surface area contributed by atoms with Crippen molar-refractivity contribution >= 4 is 52.6 Å². The topological polar surface area (TPSA) is 105 Å². The third kappa shape index (κ3) is 6.32. The van der Waals surface area contributed by atoms with Crippen molar-refractivity contribution in [3.63, 3.8) is 0 Å². The van der Waals surface area contributed by atoms with Crippen LogP contribution in [0.4, 0.5) is 17.8 Å². The monoisotopic (exact) mass is 627 g/mol. The molecule has 3 heterocycles. The first kappa shape index (κ1) is 26.1. The van der Waals surface area contributed by atoms with Gasteiger partial charge < -0.3 is 19.3 Å². The molecule has 0 unspecified atom stereocenters. The van der Waals surface area contributed by atoms with E-state index in [9.17, 15) is 4.79 Å². The number of esters is 1. The molecule has 2 fully saturated rings. The van der Waals surface area contributed by atoms with E-state index in [4.69, 9.17) is 14.5 Å². The van der Waals surface area contributed by atoms with E-state index in [1.54, 1.807) is 24.4 Å². The molecule has 11 heteroatoms.